The lowest BCUT2D eigenvalue weighted by Gasteiger charge is -2.13. The number of aromatic nitrogens is 2. The summed E-state index contributed by atoms with van der Waals surface area (Å²) in [5.41, 5.74) is 0. The molecule has 66 valence electrons. The van der Waals surface area contributed by atoms with Gasteiger partial charge in [0.2, 0.25) is 0 Å². The van der Waals surface area contributed by atoms with Gasteiger partial charge in [0.15, 0.2) is 5.82 Å². The molecule has 4 heteroatoms. The number of likely N-dealkylation sites (N-methyl/N-ethyl adjacent to an activating group) is 1. The number of aliphatic hydroxyl groups excluding tert-OH is 1. The summed E-state index contributed by atoms with van der Waals surface area (Å²) in [6, 6.07) is 1.73. The second kappa shape index (κ2) is 4.13. The van der Waals surface area contributed by atoms with Crippen LogP contribution < -0.4 is 0 Å². The molecule has 1 aromatic rings. The summed E-state index contributed by atoms with van der Waals surface area (Å²) in [6.45, 7) is 0.546. The molecule has 0 saturated heterocycles. The Balaban J connectivity index is 2.59. The smallest absolute Gasteiger partial charge is 0.158 e. The van der Waals surface area contributed by atoms with Crippen molar-refractivity contribution < 1.29 is 5.11 Å². The van der Waals surface area contributed by atoms with Crippen LogP contribution in [0.15, 0.2) is 18.5 Å². The van der Waals surface area contributed by atoms with Crippen molar-refractivity contribution >= 4 is 0 Å². The normalized spacial score (nSPS) is 13.3. The third-order valence-corrected chi connectivity index (χ3v) is 1.42. The summed E-state index contributed by atoms with van der Waals surface area (Å²) < 4.78 is 0. The van der Waals surface area contributed by atoms with Crippen molar-refractivity contribution in [2.75, 3.05) is 20.6 Å². The van der Waals surface area contributed by atoms with Crippen LogP contribution in [-0.2, 0) is 0 Å². The fraction of sp³-hybridized carbons (Fsp3) is 0.500. The molecule has 1 atom stereocenters. The van der Waals surface area contributed by atoms with E-state index in [0.29, 0.717) is 12.4 Å². The van der Waals surface area contributed by atoms with Crippen LogP contribution in [0.4, 0.5) is 0 Å². The molecule has 0 spiro atoms. The first-order valence-corrected chi connectivity index (χ1v) is 3.80. The molecule has 1 rings (SSSR count). The Morgan fingerprint density at radius 1 is 1.42 bits per heavy atom. The van der Waals surface area contributed by atoms with E-state index in [0.717, 1.165) is 0 Å². The summed E-state index contributed by atoms with van der Waals surface area (Å²) in [7, 11) is 3.79. The van der Waals surface area contributed by atoms with Gasteiger partial charge in [-0.3, -0.25) is 0 Å². The summed E-state index contributed by atoms with van der Waals surface area (Å²) in [5.74, 6) is 0.478. The minimum atomic E-state index is -0.596. The van der Waals surface area contributed by atoms with Gasteiger partial charge in [-0.15, -0.1) is 0 Å². The molecule has 4 nitrogen and oxygen atoms in total. The summed E-state index contributed by atoms with van der Waals surface area (Å²) >= 11 is 0. The third kappa shape index (κ3) is 2.56. The first-order chi connectivity index (χ1) is 5.70. The van der Waals surface area contributed by atoms with Crippen molar-refractivity contribution in [3.05, 3.63) is 24.3 Å². The lowest BCUT2D eigenvalue weighted by atomic mass is 10.3. The Bertz CT molecular complexity index is 225. The van der Waals surface area contributed by atoms with Gasteiger partial charge in [-0.1, -0.05) is 0 Å². The van der Waals surface area contributed by atoms with E-state index in [2.05, 4.69) is 9.97 Å². The Morgan fingerprint density at radius 2 is 2.00 bits per heavy atom. The van der Waals surface area contributed by atoms with Crippen molar-refractivity contribution in [3.63, 3.8) is 0 Å². The van der Waals surface area contributed by atoms with Crippen LogP contribution in [0.2, 0.25) is 0 Å². The number of nitrogens with zero attached hydrogens (tertiary/aromatic N) is 3. The van der Waals surface area contributed by atoms with E-state index in [-0.39, 0.29) is 0 Å². The fourth-order valence-electron chi connectivity index (χ4n) is 0.910. The molecule has 0 saturated carbocycles. The van der Waals surface area contributed by atoms with Crippen LogP contribution in [0, 0.1) is 0 Å². The van der Waals surface area contributed by atoms with Crippen LogP contribution in [0.1, 0.15) is 11.9 Å². The Kier molecular flexibility index (Phi) is 3.13. The molecule has 0 aliphatic rings. The van der Waals surface area contributed by atoms with Crippen LogP contribution in [0.3, 0.4) is 0 Å². The Morgan fingerprint density at radius 3 is 2.50 bits per heavy atom. The number of hydrogen-bond donors (Lipinski definition) is 1. The zero-order valence-electron chi connectivity index (χ0n) is 7.31. The Labute approximate surface area is 71.9 Å². The van der Waals surface area contributed by atoms with E-state index < -0.39 is 6.10 Å². The van der Waals surface area contributed by atoms with E-state index in [1.165, 1.54) is 0 Å². The monoisotopic (exact) mass is 167 g/mol. The van der Waals surface area contributed by atoms with Gasteiger partial charge in [0.1, 0.15) is 6.10 Å². The minimum absolute atomic E-state index is 0.478. The van der Waals surface area contributed by atoms with Crippen molar-refractivity contribution in [2.45, 2.75) is 6.10 Å². The minimum Gasteiger partial charge on any atom is -0.384 e. The maximum atomic E-state index is 9.52. The average molecular weight is 167 g/mol. The molecule has 1 unspecified atom stereocenters. The van der Waals surface area contributed by atoms with Gasteiger partial charge in [-0.25, -0.2) is 9.97 Å². The molecule has 0 bridgehead atoms. The standard InChI is InChI=1S/C8H13N3O/c1-11(2)6-7(12)8-9-4-3-5-10-8/h3-5,7,12H,6H2,1-2H3. The molecule has 0 aromatic carbocycles. The van der Waals surface area contributed by atoms with Crippen molar-refractivity contribution in [2.24, 2.45) is 0 Å². The number of aliphatic hydroxyl groups is 1. The molecule has 0 radical (unpaired) electrons. The second-order valence-corrected chi connectivity index (χ2v) is 2.89. The lowest BCUT2D eigenvalue weighted by molar-refractivity contribution is 0.130. The quantitative estimate of drug-likeness (QED) is 0.692. The maximum Gasteiger partial charge on any atom is 0.158 e. The van der Waals surface area contributed by atoms with Gasteiger partial charge in [-0.2, -0.15) is 0 Å². The second-order valence-electron chi connectivity index (χ2n) is 2.89. The fourth-order valence-corrected chi connectivity index (χ4v) is 0.910. The molecule has 0 amide bonds. The summed E-state index contributed by atoms with van der Waals surface area (Å²) in [5, 5.41) is 9.52. The van der Waals surface area contributed by atoms with Gasteiger partial charge < -0.3 is 10.0 Å². The van der Waals surface area contributed by atoms with Crippen LogP contribution >= 0.6 is 0 Å². The SMILES string of the molecule is CN(C)CC(O)c1ncccn1. The zero-order valence-corrected chi connectivity index (χ0v) is 7.31. The van der Waals surface area contributed by atoms with E-state index in [1.54, 1.807) is 18.5 Å². The molecule has 0 fully saturated rings. The molecule has 12 heavy (non-hydrogen) atoms. The van der Waals surface area contributed by atoms with Gasteiger partial charge in [0, 0.05) is 18.9 Å². The molecule has 0 aliphatic heterocycles. The van der Waals surface area contributed by atoms with Crippen LogP contribution in [0.25, 0.3) is 0 Å². The van der Waals surface area contributed by atoms with Gasteiger partial charge >= 0.3 is 0 Å². The van der Waals surface area contributed by atoms with Gasteiger partial charge in [0.25, 0.3) is 0 Å². The highest BCUT2D eigenvalue weighted by molar-refractivity contribution is 4.92. The predicted octanol–water partition coefficient (Wildman–Crippen LogP) is 0.0716. The maximum absolute atomic E-state index is 9.52. The number of hydrogen-bond acceptors (Lipinski definition) is 4. The lowest BCUT2D eigenvalue weighted by Crippen LogP contribution is -2.21. The van der Waals surface area contributed by atoms with E-state index >= 15 is 0 Å². The molecule has 1 heterocycles. The topological polar surface area (TPSA) is 49.2 Å². The van der Waals surface area contributed by atoms with Crippen molar-refractivity contribution in [1.29, 1.82) is 0 Å². The molecule has 1 aromatic heterocycles. The van der Waals surface area contributed by atoms with Gasteiger partial charge in [0.05, 0.1) is 0 Å². The average Bonchev–Trinajstić information content (AvgIpc) is 2.05. The van der Waals surface area contributed by atoms with E-state index in [9.17, 15) is 5.11 Å². The largest absolute Gasteiger partial charge is 0.384 e. The third-order valence-electron chi connectivity index (χ3n) is 1.42. The van der Waals surface area contributed by atoms with E-state index in [1.807, 2.05) is 19.0 Å². The highest BCUT2D eigenvalue weighted by atomic mass is 16.3. The van der Waals surface area contributed by atoms with Gasteiger partial charge in [-0.05, 0) is 20.2 Å². The molecular weight excluding hydrogens is 154 g/mol. The first-order valence-electron chi connectivity index (χ1n) is 3.80. The summed E-state index contributed by atoms with van der Waals surface area (Å²) in [4.78, 5) is 9.78. The molecular formula is C8H13N3O. The highest BCUT2D eigenvalue weighted by Crippen LogP contribution is 2.05. The van der Waals surface area contributed by atoms with Crippen molar-refractivity contribution in [1.82, 2.24) is 14.9 Å². The first kappa shape index (κ1) is 9.09. The van der Waals surface area contributed by atoms with E-state index in [4.69, 9.17) is 0 Å². The van der Waals surface area contributed by atoms with Crippen LogP contribution in [-0.4, -0.2) is 40.6 Å². The molecule has 0 aliphatic carbocycles. The zero-order chi connectivity index (χ0) is 8.97. The van der Waals surface area contributed by atoms with Crippen LogP contribution in [0.5, 0.6) is 0 Å². The number of rotatable bonds is 3. The van der Waals surface area contributed by atoms with Crippen molar-refractivity contribution in [3.8, 4) is 0 Å². The Hall–Kier alpha value is -1.00. The molecule has 1 N–H and O–H groups in total. The summed E-state index contributed by atoms with van der Waals surface area (Å²) in [6.07, 6.45) is 2.66. The predicted molar refractivity (Wildman–Crippen MR) is 45.5 cm³/mol. The highest BCUT2D eigenvalue weighted by Gasteiger charge is 2.09.